The number of hydrogen-bond acceptors (Lipinski definition) is 4. The molecule has 1 aliphatic heterocycles. The fraction of sp³-hybridized carbons (Fsp3) is 0.250. The highest BCUT2D eigenvalue weighted by molar-refractivity contribution is 6.40. The predicted molar refractivity (Wildman–Crippen MR) is 74.8 cm³/mol. The predicted octanol–water partition coefficient (Wildman–Crippen LogP) is 3.05. The monoisotopic (exact) mass is 285 g/mol. The molecule has 0 fully saturated rings. The van der Waals surface area contributed by atoms with Crippen LogP contribution in [0.2, 0.25) is 10.0 Å². The number of halogens is 2. The van der Waals surface area contributed by atoms with E-state index in [1.165, 1.54) is 0 Å². The maximum atomic E-state index is 9.77. The number of benzene rings is 1. The highest BCUT2D eigenvalue weighted by atomic mass is 35.5. The van der Waals surface area contributed by atoms with Crippen LogP contribution in [0.15, 0.2) is 35.8 Å². The van der Waals surface area contributed by atoms with E-state index in [4.69, 9.17) is 23.2 Å². The van der Waals surface area contributed by atoms with Gasteiger partial charge in [0.25, 0.3) is 0 Å². The highest BCUT2D eigenvalue weighted by Gasteiger charge is 2.25. The number of nitrogens with zero attached hydrogens (tertiary/aromatic N) is 3. The highest BCUT2D eigenvalue weighted by Crippen LogP contribution is 2.34. The lowest BCUT2D eigenvalue weighted by Gasteiger charge is -2.27. The van der Waals surface area contributed by atoms with Crippen molar-refractivity contribution in [1.29, 1.82) is 0 Å². The van der Waals surface area contributed by atoms with E-state index in [1.54, 1.807) is 29.2 Å². The van der Waals surface area contributed by atoms with E-state index < -0.39 is 0 Å². The number of aliphatic imine (C=N–C) groups is 1. The van der Waals surface area contributed by atoms with Crippen LogP contribution < -0.4 is 4.90 Å². The molecule has 1 N–H and O–H groups in total. The van der Waals surface area contributed by atoms with Crippen LogP contribution in [0.1, 0.15) is 0 Å². The summed E-state index contributed by atoms with van der Waals surface area (Å²) in [6, 6.07) is 5.26. The summed E-state index contributed by atoms with van der Waals surface area (Å²) < 4.78 is 0. The van der Waals surface area contributed by atoms with Crippen molar-refractivity contribution in [3.63, 3.8) is 0 Å². The molecule has 2 rings (SSSR count). The Morgan fingerprint density at radius 2 is 2.11 bits per heavy atom. The lowest BCUT2D eigenvalue weighted by atomic mass is 10.3. The minimum absolute atomic E-state index is 0.435. The van der Waals surface area contributed by atoms with Gasteiger partial charge in [-0.05, 0) is 12.1 Å². The van der Waals surface area contributed by atoms with Crippen LogP contribution in [-0.4, -0.2) is 35.9 Å². The van der Waals surface area contributed by atoms with Gasteiger partial charge in [0.15, 0.2) is 0 Å². The van der Waals surface area contributed by atoms with E-state index in [9.17, 15) is 5.21 Å². The Morgan fingerprint density at radius 1 is 1.44 bits per heavy atom. The molecule has 96 valence electrons. The van der Waals surface area contributed by atoms with Crippen molar-refractivity contribution in [2.45, 2.75) is 0 Å². The van der Waals surface area contributed by atoms with Crippen LogP contribution in [-0.2, 0) is 0 Å². The smallest absolute Gasteiger partial charge is 0.225 e. The summed E-state index contributed by atoms with van der Waals surface area (Å²) in [5.74, 6) is 0.435. The second-order valence-corrected chi connectivity index (χ2v) is 4.59. The Hall–Kier alpha value is -1.23. The van der Waals surface area contributed by atoms with Gasteiger partial charge >= 0.3 is 0 Å². The van der Waals surface area contributed by atoms with E-state index in [0.29, 0.717) is 41.3 Å². The van der Waals surface area contributed by atoms with Crippen LogP contribution in [0.5, 0.6) is 0 Å². The molecule has 1 aromatic carbocycles. The minimum atomic E-state index is 0.435. The van der Waals surface area contributed by atoms with Crippen LogP contribution in [0.3, 0.4) is 0 Å². The van der Waals surface area contributed by atoms with E-state index >= 15 is 0 Å². The van der Waals surface area contributed by atoms with Gasteiger partial charge in [0.1, 0.15) is 0 Å². The lowest BCUT2D eigenvalue weighted by Crippen LogP contribution is -2.40. The van der Waals surface area contributed by atoms with Gasteiger partial charge in [-0.2, -0.15) is 0 Å². The van der Waals surface area contributed by atoms with Gasteiger partial charge in [-0.3, -0.25) is 5.21 Å². The molecule has 4 nitrogen and oxygen atoms in total. The first-order valence-electron chi connectivity index (χ1n) is 5.48. The third-order valence-electron chi connectivity index (χ3n) is 2.56. The largest absolute Gasteiger partial charge is 0.304 e. The molecule has 1 heterocycles. The van der Waals surface area contributed by atoms with Gasteiger partial charge in [-0.15, -0.1) is 6.58 Å². The molecule has 0 radical (unpaired) electrons. The molecule has 0 saturated carbocycles. The summed E-state index contributed by atoms with van der Waals surface area (Å²) >= 11 is 12.3. The fourth-order valence-electron chi connectivity index (χ4n) is 1.80. The Bertz CT molecular complexity index is 470. The molecule has 0 aliphatic carbocycles. The van der Waals surface area contributed by atoms with Gasteiger partial charge in [0.05, 0.1) is 28.8 Å². The first-order chi connectivity index (χ1) is 8.65. The quantitative estimate of drug-likeness (QED) is 0.868. The number of hydrogen-bond donors (Lipinski definition) is 1. The second-order valence-electron chi connectivity index (χ2n) is 3.77. The minimum Gasteiger partial charge on any atom is -0.304 e. The van der Waals surface area contributed by atoms with E-state index in [0.717, 1.165) is 5.06 Å². The van der Waals surface area contributed by atoms with Crippen molar-refractivity contribution in [2.24, 2.45) is 4.99 Å². The lowest BCUT2D eigenvalue weighted by molar-refractivity contribution is -0.00443. The molecule has 0 saturated heterocycles. The Morgan fingerprint density at radius 3 is 2.61 bits per heavy atom. The first kappa shape index (κ1) is 13.2. The Labute approximate surface area is 116 Å². The molecular formula is C12H13Cl2N3O. The number of rotatable bonds is 3. The molecular weight excluding hydrogens is 273 g/mol. The van der Waals surface area contributed by atoms with Crippen LogP contribution in [0.25, 0.3) is 0 Å². The number of hydroxylamine groups is 2. The third-order valence-corrected chi connectivity index (χ3v) is 3.17. The van der Waals surface area contributed by atoms with Gasteiger partial charge in [-0.25, -0.2) is 10.1 Å². The molecule has 18 heavy (non-hydrogen) atoms. The Kier molecular flexibility index (Phi) is 4.11. The maximum Gasteiger partial charge on any atom is 0.225 e. The zero-order valence-corrected chi connectivity index (χ0v) is 11.2. The van der Waals surface area contributed by atoms with Crippen molar-refractivity contribution in [2.75, 3.05) is 24.5 Å². The molecule has 0 unspecified atom stereocenters. The maximum absolute atomic E-state index is 9.77. The van der Waals surface area contributed by atoms with Crippen molar-refractivity contribution in [1.82, 2.24) is 5.06 Å². The molecule has 0 bridgehead atoms. The first-order valence-corrected chi connectivity index (χ1v) is 6.24. The van der Waals surface area contributed by atoms with Crippen molar-refractivity contribution >= 4 is 34.8 Å². The summed E-state index contributed by atoms with van der Waals surface area (Å²) in [5.41, 5.74) is 0.625. The molecule has 1 aromatic rings. The number of anilines is 1. The van der Waals surface area contributed by atoms with E-state index in [1.807, 2.05) is 0 Å². The molecule has 6 heteroatoms. The van der Waals surface area contributed by atoms with Crippen molar-refractivity contribution in [3.8, 4) is 0 Å². The van der Waals surface area contributed by atoms with Gasteiger partial charge in [-0.1, -0.05) is 35.3 Å². The van der Waals surface area contributed by atoms with Crippen molar-refractivity contribution < 1.29 is 5.21 Å². The summed E-state index contributed by atoms with van der Waals surface area (Å²) in [4.78, 5) is 5.99. The SMILES string of the molecule is C=CCN(C1=NCCN1O)c1c(Cl)cccc1Cl. The van der Waals surface area contributed by atoms with Crippen LogP contribution in [0.4, 0.5) is 5.69 Å². The second kappa shape index (κ2) is 5.61. The standard InChI is InChI=1S/C12H13Cl2N3O/c1-2-7-16(12-15-6-8-17(12)18)11-9(13)4-3-5-10(11)14/h2-5,18H,1,6-8H2. The third kappa shape index (κ3) is 2.46. The van der Waals surface area contributed by atoms with Gasteiger partial charge in [0, 0.05) is 6.54 Å². The van der Waals surface area contributed by atoms with Gasteiger partial charge < -0.3 is 4.90 Å². The van der Waals surface area contributed by atoms with Crippen LogP contribution in [0, 0.1) is 0 Å². The normalized spacial score (nSPS) is 14.6. The summed E-state index contributed by atoms with van der Waals surface area (Å²) in [5, 5.41) is 11.9. The summed E-state index contributed by atoms with van der Waals surface area (Å²) in [7, 11) is 0. The average Bonchev–Trinajstić information content (AvgIpc) is 2.74. The van der Waals surface area contributed by atoms with Crippen molar-refractivity contribution in [3.05, 3.63) is 40.9 Å². The molecule has 1 aliphatic rings. The Balaban J connectivity index is 2.44. The fourth-order valence-corrected chi connectivity index (χ4v) is 2.40. The number of guanidine groups is 1. The number of para-hydroxylation sites is 1. The molecule has 0 atom stereocenters. The van der Waals surface area contributed by atoms with E-state index in [2.05, 4.69) is 11.6 Å². The zero-order valence-electron chi connectivity index (χ0n) is 9.68. The van der Waals surface area contributed by atoms with E-state index in [-0.39, 0.29) is 0 Å². The molecule has 0 aromatic heterocycles. The molecule has 0 amide bonds. The summed E-state index contributed by atoms with van der Waals surface area (Å²) in [6.45, 7) is 5.16. The molecule has 0 spiro atoms. The van der Waals surface area contributed by atoms with Crippen LogP contribution >= 0.6 is 23.2 Å². The average molecular weight is 286 g/mol. The zero-order chi connectivity index (χ0) is 13.1. The summed E-state index contributed by atoms with van der Waals surface area (Å²) in [6.07, 6.45) is 1.70. The topological polar surface area (TPSA) is 39.1 Å². The van der Waals surface area contributed by atoms with Gasteiger partial charge in [0.2, 0.25) is 5.96 Å².